The van der Waals surface area contributed by atoms with E-state index in [0.29, 0.717) is 0 Å². The van der Waals surface area contributed by atoms with Gasteiger partial charge in [-0.25, -0.2) is 9.18 Å². The van der Waals surface area contributed by atoms with Crippen molar-refractivity contribution >= 4 is 23.0 Å². The highest BCUT2D eigenvalue weighted by Gasteiger charge is 2.17. The largest absolute Gasteiger partial charge is 0.478 e. The molecule has 0 aliphatic rings. The molecule has 2 aromatic rings. The van der Waals surface area contributed by atoms with E-state index in [1.807, 2.05) is 0 Å². The van der Waals surface area contributed by atoms with E-state index >= 15 is 0 Å². The van der Waals surface area contributed by atoms with Gasteiger partial charge in [-0.2, -0.15) is 0 Å². The van der Waals surface area contributed by atoms with Gasteiger partial charge in [0.2, 0.25) is 0 Å². The lowest BCUT2D eigenvalue weighted by molar-refractivity contribution is -0.384. The van der Waals surface area contributed by atoms with Crippen molar-refractivity contribution < 1.29 is 19.2 Å². The summed E-state index contributed by atoms with van der Waals surface area (Å²) in [6, 6.07) is 8.96. The maximum atomic E-state index is 13.0. The molecule has 6 nitrogen and oxygen atoms in total. The molecule has 102 valence electrons. The zero-order chi connectivity index (χ0) is 14.7. The molecule has 0 atom stereocenters. The van der Waals surface area contributed by atoms with E-state index in [2.05, 4.69) is 5.32 Å². The third kappa shape index (κ3) is 2.72. The fourth-order valence-electron chi connectivity index (χ4n) is 1.69. The summed E-state index contributed by atoms with van der Waals surface area (Å²) >= 11 is 0. The van der Waals surface area contributed by atoms with Crippen LogP contribution in [0.15, 0.2) is 42.5 Å². The Balaban J connectivity index is 2.45. The van der Waals surface area contributed by atoms with Gasteiger partial charge in [0.1, 0.15) is 11.5 Å². The summed E-state index contributed by atoms with van der Waals surface area (Å²) in [4.78, 5) is 21.2. The third-order valence-electron chi connectivity index (χ3n) is 2.58. The molecule has 2 aromatic carbocycles. The summed E-state index contributed by atoms with van der Waals surface area (Å²) in [5.74, 6) is -1.91. The zero-order valence-corrected chi connectivity index (χ0v) is 10.0. The number of carboxylic acid groups (broad SMARTS) is 1. The number of nitrogens with zero attached hydrogens (tertiary/aromatic N) is 1. The Kier molecular flexibility index (Phi) is 3.60. The third-order valence-corrected chi connectivity index (χ3v) is 2.58. The summed E-state index contributed by atoms with van der Waals surface area (Å²) in [5, 5.41) is 22.5. The summed E-state index contributed by atoms with van der Waals surface area (Å²) < 4.78 is 13.0. The van der Waals surface area contributed by atoms with Crippen LogP contribution in [0.2, 0.25) is 0 Å². The Bertz CT molecular complexity index is 688. The Morgan fingerprint density at radius 2 is 1.90 bits per heavy atom. The summed E-state index contributed by atoms with van der Waals surface area (Å²) in [6.45, 7) is 0. The van der Waals surface area contributed by atoms with Gasteiger partial charge in [-0.1, -0.05) is 12.1 Å². The molecule has 0 amide bonds. The maximum Gasteiger partial charge on any atom is 0.337 e. The molecule has 20 heavy (non-hydrogen) atoms. The number of hydrogen-bond acceptors (Lipinski definition) is 4. The summed E-state index contributed by atoms with van der Waals surface area (Å²) in [6.07, 6.45) is 0. The first-order valence-corrected chi connectivity index (χ1v) is 5.52. The number of hydrogen-bond donors (Lipinski definition) is 2. The molecule has 0 aromatic heterocycles. The van der Waals surface area contributed by atoms with Crippen molar-refractivity contribution in [3.63, 3.8) is 0 Å². The minimum Gasteiger partial charge on any atom is -0.478 e. The van der Waals surface area contributed by atoms with Crippen LogP contribution in [-0.2, 0) is 0 Å². The number of nitro groups is 1. The number of para-hydroxylation sites is 1. The minimum absolute atomic E-state index is 0.0186. The Labute approximate surface area is 112 Å². The highest BCUT2D eigenvalue weighted by atomic mass is 19.1. The number of rotatable bonds is 4. The van der Waals surface area contributed by atoms with Crippen molar-refractivity contribution in [3.8, 4) is 0 Å². The lowest BCUT2D eigenvalue weighted by Gasteiger charge is -2.09. The van der Waals surface area contributed by atoms with E-state index in [1.165, 1.54) is 24.3 Å². The van der Waals surface area contributed by atoms with Gasteiger partial charge in [0, 0.05) is 0 Å². The van der Waals surface area contributed by atoms with Crippen LogP contribution in [0.5, 0.6) is 0 Å². The second-order valence-corrected chi connectivity index (χ2v) is 3.89. The van der Waals surface area contributed by atoms with E-state index in [-0.39, 0.29) is 16.9 Å². The molecule has 0 aliphatic carbocycles. The van der Waals surface area contributed by atoms with Gasteiger partial charge in [-0.3, -0.25) is 10.1 Å². The number of carboxylic acids is 1. The van der Waals surface area contributed by atoms with Crippen LogP contribution in [-0.4, -0.2) is 16.0 Å². The van der Waals surface area contributed by atoms with Gasteiger partial charge in [-0.05, 0) is 24.3 Å². The molecule has 7 heteroatoms. The van der Waals surface area contributed by atoms with Crippen LogP contribution in [0.25, 0.3) is 0 Å². The molecule has 0 radical (unpaired) electrons. The van der Waals surface area contributed by atoms with Gasteiger partial charge < -0.3 is 10.4 Å². The van der Waals surface area contributed by atoms with Crippen molar-refractivity contribution in [2.45, 2.75) is 0 Å². The van der Waals surface area contributed by atoms with Crippen LogP contribution >= 0.6 is 0 Å². The molecule has 0 unspecified atom stereocenters. The minimum atomic E-state index is -1.17. The highest BCUT2D eigenvalue weighted by Crippen LogP contribution is 2.29. The quantitative estimate of drug-likeness (QED) is 0.660. The van der Waals surface area contributed by atoms with E-state index in [9.17, 15) is 19.3 Å². The van der Waals surface area contributed by atoms with Crippen LogP contribution in [0, 0.1) is 15.9 Å². The molecular formula is C13H9FN2O4. The number of carbonyl (C=O) groups is 1. The topological polar surface area (TPSA) is 92.5 Å². The van der Waals surface area contributed by atoms with Gasteiger partial charge in [-0.15, -0.1) is 0 Å². The number of nitro benzene ring substituents is 1. The van der Waals surface area contributed by atoms with Crippen LogP contribution < -0.4 is 5.32 Å². The second kappa shape index (κ2) is 5.35. The lowest BCUT2D eigenvalue weighted by atomic mass is 10.1. The van der Waals surface area contributed by atoms with E-state index in [1.54, 1.807) is 6.07 Å². The second-order valence-electron chi connectivity index (χ2n) is 3.89. The first kappa shape index (κ1) is 13.5. The normalized spacial score (nSPS) is 10.1. The molecule has 0 saturated heterocycles. The smallest absolute Gasteiger partial charge is 0.337 e. The Morgan fingerprint density at radius 1 is 1.20 bits per heavy atom. The molecule has 2 N–H and O–H groups in total. The van der Waals surface area contributed by atoms with Crippen molar-refractivity contribution in [1.82, 2.24) is 0 Å². The highest BCUT2D eigenvalue weighted by molar-refractivity contribution is 5.95. The van der Waals surface area contributed by atoms with E-state index < -0.39 is 22.4 Å². The molecule has 2 rings (SSSR count). The predicted octanol–water partition coefficient (Wildman–Crippen LogP) is 3.18. The fraction of sp³-hybridized carbons (Fsp3) is 0. The predicted molar refractivity (Wildman–Crippen MR) is 69.7 cm³/mol. The van der Waals surface area contributed by atoms with Crippen LogP contribution in [0.3, 0.4) is 0 Å². The SMILES string of the molecule is O=C(O)c1ccccc1Nc1ccc(F)cc1[N+](=O)[O-]. The number of halogens is 1. The van der Waals surface area contributed by atoms with E-state index in [4.69, 9.17) is 5.11 Å². The molecule has 0 saturated carbocycles. The summed E-state index contributed by atoms with van der Waals surface area (Å²) in [7, 11) is 0. The van der Waals surface area contributed by atoms with Crippen molar-refractivity contribution in [3.05, 3.63) is 64.0 Å². The van der Waals surface area contributed by atoms with Crippen molar-refractivity contribution in [2.75, 3.05) is 5.32 Å². The van der Waals surface area contributed by atoms with E-state index in [0.717, 1.165) is 12.1 Å². The van der Waals surface area contributed by atoms with Gasteiger partial charge in [0.25, 0.3) is 5.69 Å². The molecule has 0 spiro atoms. The Morgan fingerprint density at radius 3 is 2.55 bits per heavy atom. The number of anilines is 2. The molecule has 0 fully saturated rings. The molecule has 0 aliphatic heterocycles. The van der Waals surface area contributed by atoms with Crippen molar-refractivity contribution in [1.29, 1.82) is 0 Å². The van der Waals surface area contributed by atoms with Crippen molar-refractivity contribution in [2.24, 2.45) is 0 Å². The van der Waals surface area contributed by atoms with Gasteiger partial charge >= 0.3 is 5.97 Å². The number of benzene rings is 2. The van der Waals surface area contributed by atoms with Crippen LogP contribution in [0.4, 0.5) is 21.5 Å². The van der Waals surface area contributed by atoms with Gasteiger partial charge in [0.15, 0.2) is 0 Å². The zero-order valence-electron chi connectivity index (χ0n) is 10.0. The number of nitrogens with one attached hydrogen (secondary N) is 1. The monoisotopic (exact) mass is 276 g/mol. The Hall–Kier alpha value is -2.96. The standard InChI is InChI=1S/C13H9FN2O4/c14-8-5-6-11(12(7-8)16(19)20)15-10-4-2-1-3-9(10)13(17)18/h1-7,15H,(H,17,18). The molecule has 0 heterocycles. The lowest BCUT2D eigenvalue weighted by Crippen LogP contribution is -2.04. The molecular weight excluding hydrogens is 267 g/mol. The first-order valence-electron chi connectivity index (χ1n) is 5.52. The average Bonchev–Trinajstić information content (AvgIpc) is 2.41. The molecule has 0 bridgehead atoms. The maximum absolute atomic E-state index is 13.0. The van der Waals surface area contributed by atoms with Gasteiger partial charge in [0.05, 0.1) is 22.2 Å². The summed E-state index contributed by atoms with van der Waals surface area (Å²) in [5.41, 5.74) is -0.295. The van der Waals surface area contributed by atoms with Crippen LogP contribution in [0.1, 0.15) is 10.4 Å². The average molecular weight is 276 g/mol. The number of aromatic carboxylic acids is 1. The first-order chi connectivity index (χ1) is 9.49. The fourth-order valence-corrected chi connectivity index (χ4v) is 1.69.